The number of rotatable bonds is 6. The minimum Gasteiger partial charge on any atom is -0.491 e. The van der Waals surface area contributed by atoms with Gasteiger partial charge < -0.3 is 9.26 Å². The van der Waals surface area contributed by atoms with Crippen LogP contribution in [-0.4, -0.2) is 19.4 Å². The van der Waals surface area contributed by atoms with Crippen LogP contribution in [0.15, 0.2) is 30.3 Å². The molecule has 90 valence electrons. The smallest absolute Gasteiger partial charge is 0.287 e. The summed E-state index contributed by atoms with van der Waals surface area (Å²) in [5, 5.41) is 0. The van der Waals surface area contributed by atoms with Crippen molar-refractivity contribution >= 4 is 18.0 Å². The second-order valence-corrected chi connectivity index (χ2v) is 7.05. The second-order valence-electron chi connectivity index (χ2n) is 3.51. The SMILES string of the molecule is CC[C@@H](COc1ccccc1)O[P@@](C)(=O)Cl. The molecule has 5 heteroatoms. The lowest BCUT2D eigenvalue weighted by atomic mass is 10.3. The van der Waals surface area contributed by atoms with Gasteiger partial charge in [0.2, 0.25) is 0 Å². The lowest BCUT2D eigenvalue weighted by Gasteiger charge is -2.18. The molecule has 2 atom stereocenters. The summed E-state index contributed by atoms with van der Waals surface area (Å²) in [5.74, 6) is 0.769. The second kappa shape index (κ2) is 6.29. The molecule has 0 unspecified atom stereocenters. The van der Waals surface area contributed by atoms with E-state index in [2.05, 4.69) is 0 Å². The van der Waals surface area contributed by atoms with Gasteiger partial charge in [0.15, 0.2) is 0 Å². The van der Waals surface area contributed by atoms with Crippen LogP contribution in [0.5, 0.6) is 5.75 Å². The van der Waals surface area contributed by atoms with Crippen LogP contribution in [0.3, 0.4) is 0 Å². The first kappa shape index (κ1) is 13.6. The van der Waals surface area contributed by atoms with Crippen molar-refractivity contribution in [1.29, 1.82) is 0 Å². The Bertz CT molecular complexity index is 350. The number of halogens is 1. The molecule has 0 radical (unpaired) electrons. The van der Waals surface area contributed by atoms with Gasteiger partial charge in [-0.3, -0.25) is 4.57 Å². The first-order valence-corrected chi connectivity index (χ1v) is 8.12. The summed E-state index contributed by atoms with van der Waals surface area (Å²) in [5.41, 5.74) is 0. The van der Waals surface area contributed by atoms with Crippen LogP contribution in [0.2, 0.25) is 0 Å². The molecule has 0 saturated carbocycles. The highest BCUT2D eigenvalue weighted by atomic mass is 35.7. The number of benzene rings is 1. The molecule has 0 aliphatic heterocycles. The molecule has 1 aromatic rings. The zero-order valence-electron chi connectivity index (χ0n) is 9.43. The van der Waals surface area contributed by atoms with E-state index >= 15 is 0 Å². The summed E-state index contributed by atoms with van der Waals surface area (Å²) in [7, 11) is 0. The minimum absolute atomic E-state index is 0.242. The largest absolute Gasteiger partial charge is 0.491 e. The Labute approximate surface area is 101 Å². The van der Waals surface area contributed by atoms with Gasteiger partial charge >= 0.3 is 0 Å². The molecule has 0 aliphatic carbocycles. The van der Waals surface area contributed by atoms with Crippen molar-refractivity contribution in [2.75, 3.05) is 13.3 Å². The van der Waals surface area contributed by atoms with E-state index in [4.69, 9.17) is 20.5 Å². The van der Waals surface area contributed by atoms with Crippen molar-refractivity contribution < 1.29 is 13.8 Å². The predicted octanol–water partition coefficient (Wildman–Crippen LogP) is 3.92. The minimum atomic E-state index is -2.97. The summed E-state index contributed by atoms with van der Waals surface area (Å²) >= 11 is 5.57. The van der Waals surface area contributed by atoms with E-state index < -0.39 is 6.72 Å². The maximum Gasteiger partial charge on any atom is 0.287 e. The van der Waals surface area contributed by atoms with Gasteiger partial charge in [-0.2, -0.15) is 0 Å². The van der Waals surface area contributed by atoms with E-state index in [0.717, 1.165) is 5.75 Å². The summed E-state index contributed by atoms with van der Waals surface area (Å²) in [6.45, 7) is 0.710. The molecule has 0 heterocycles. The van der Waals surface area contributed by atoms with Crippen LogP contribution >= 0.6 is 18.0 Å². The molecule has 0 fully saturated rings. The van der Waals surface area contributed by atoms with Crippen molar-refractivity contribution in [2.45, 2.75) is 19.4 Å². The first-order chi connectivity index (χ1) is 7.51. The van der Waals surface area contributed by atoms with Crippen molar-refractivity contribution in [2.24, 2.45) is 0 Å². The highest BCUT2D eigenvalue weighted by Crippen LogP contribution is 2.49. The van der Waals surface area contributed by atoms with Crippen LogP contribution in [0.4, 0.5) is 0 Å². The number of ether oxygens (including phenoxy) is 1. The molecular weight excluding hydrogens is 247 g/mol. The van der Waals surface area contributed by atoms with Gasteiger partial charge in [-0.25, -0.2) is 0 Å². The maximum atomic E-state index is 11.3. The molecule has 1 aromatic carbocycles. The highest BCUT2D eigenvalue weighted by Gasteiger charge is 2.18. The van der Waals surface area contributed by atoms with E-state index in [1.54, 1.807) is 0 Å². The predicted molar refractivity (Wildman–Crippen MR) is 66.5 cm³/mol. The van der Waals surface area contributed by atoms with Crippen molar-refractivity contribution in [3.63, 3.8) is 0 Å². The van der Waals surface area contributed by atoms with Crippen LogP contribution < -0.4 is 4.74 Å². The summed E-state index contributed by atoms with van der Waals surface area (Å²) < 4.78 is 22.0. The average Bonchev–Trinajstić information content (AvgIpc) is 2.24. The van der Waals surface area contributed by atoms with Crippen molar-refractivity contribution in [1.82, 2.24) is 0 Å². The van der Waals surface area contributed by atoms with Crippen LogP contribution in [0.1, 0.15) is 13.3 Å². The van der Waals surface area contributed by atoms with Gasteiger partial charge in [-0.15, -0.1) is 0 Å². The van der Waals surface area contributed by atoms with E-state index in [1.165, 1.54) is 6.66 Å². The fraction of sp³-hybridized carbons (Fsp3) is 0.455. The molecule has 0 bridgehead atoms. The zero-order valence-corrected chi connectivity index (χ0v) is 11.1. The Morgan fingerprint density at radius 2 is 2.00 bits per heavy atom. The third-order valence-corrected chi connectivity index (χ3v) is 2.89. The van der Waals surface area contributed by atoms with Crippen LogP contribution in [-0.2, 0) is 9.09 Å². The molecule has 3 nitrogen and oxygen atoms in total. The van der Waals surface area contributed by atoms with Crippen LogP contribution in [0.25, 0.3) is 0 Å². The van der Waals surface area contributed by atoms with E-state index in [9.17, 15) is 4.57 Å². The Hall–Kier alpha value is -0.500. The van der Waals surface area contributed by atoms with Gasteiger partial charge in [0.1, 0.15) is 12.4 Å². The molecule has 0 N–H and O–H groups in total. The van der Waals surface area contributed by atoms with Gasteiger partial charge in [-0.1, -0.05) is 25.1 Å². The fourth-order valence-electron chi connectivity index (χ4n) is 1.19. The molecular formula is C11H16ClO3P. The molecule has 0 saturated heterocycles. The van der Waals surface area contributed by atoms with Crippen LogP contribution in [0, 0.1) is 0 Å². The van der Waals surface area contributed by atoms with Gasteiger partial charge in [0, 0.05) is 6.66 Å². The monoisotopic (exact) mass is 262 g/mol. The third-order valence-electron chi connectivity index (χ3n) is 1.97. The van der Waals surface area contributed by atoms with Gasteiger partial charge in [0.05, 0.1) is 6.10 Å². The van der Waals surface area contributed by atoms with Gasteiger partial charge in [0.25, 0.3) is 6.72 Å². The molecule has 0 amide bonds. The summed E-state index contributed by atoms with van der Waals surface area (Å²) in [6.07, 6.45) is 0.464. The van der Waals surface area contributed by atoms with Crippen molar-refractivity contribution in [3.8, 4) is 5.75 Å². The lowest BCUT2D eigenvalue weighted by Crippen LogP contribution is -2.19. The fourth-order valence-corrected chi connectivity index (χ4v) is 2.28. The normalized spacial score (nSPS) is 16.4. The Morgan fingerprint density at radius 1 is 1.38 bits per heavy atom. The summed E-state index contributed by atoms with van der Waals surface area (Å²) in [4.78, 5) is 0. The zero-order chi connectivity index (χ0) is 12.0. The van der Waals surface area contributed by atoms with E-state index in [0.29, 0.717) is 13.0 Å². The lowest BCUT2D eigenvalue weighted by molar-refractivity contribution is 0.132. The highest BCUT2D eigenvalue weighted by molar-refractivity contribution is 7.84. The third kappa shape index (κ3) is 5.55. The number of hydrogen-bond acceptors (Lipinski definition) is 3. The Balaban J connectivity index is 2.43. The number of hydrogen-bond donors (Lipinski definition) is 0. The molecule has 0 spiro atoms. The maximum absolute atomic E-state index is 11.3. The standard InChI is InChI=1S/C11H16ClO3P/c1-3-10(15-16(2,12)13)9-14-11-7-5-4-6-8-11/h4-8,10H,3,9H2,1-2H3/t10-,16+/m0/s1. The van der Waals surface area contributed by atoms with Crippen molar-refractivity contribution in [3.05, 3.63) is 30.3 Å². The topological polar surface area (TPSA) is 35.5 Å². The van der Waals surface area contributed by atoms with Gasteiger partial charge in [-0.05, 0) is 29.8 Å². The van der Waals surface area contributed by atoms with E-state index in [-0.39, 0.29) is 6.10 Å². The molecule has 0 aromatic heterocycles. The first-order valence-electron chi connectivity index (χ1n) is 5.14. The quantitative estimate of drug-likeness (QED) is 0.729. The molecule has 16 heavy (non-hydrogen) atoms. The Kier molecular flexibility index (Phi) is 5.33. The molecule has 1 rings (SSSR count). The average molecular weight is 263 g/mol. The summed E-state index contributed by atoms with van der Waals surface area (Å²) in [6, 6.07) is 9.42. The molecule has 0 aliphatic rings. The number of para-hydroxylation sites is 1. The Morgan fingerprint density at radius 3 is 2.50 bits per heavy atom. The van der Waals surface area contributed by atoms with E-state index in [1.807, 2.05) is 37.3 Å².